The highest BCUT2D eigenvalue weighted by molar-refractivity contribution is 6.50. The van der Waals surface area contributed by atoms with Crippen molar-refractivity contribution in [2.24, 2.45) is 0 Å². The first-order valence-electron chi connectivity index (χ1n) is 9.02. The van der Waals surface area contributed by atoms with Crippen molar-refractivity contribution < 1.29 is 26.7 Å². The van der Waals surface area contributed by atoms with E-state index in [0.717, 1.165) is 33.3 Å². The number of aryl methyl sites for hydroxylation is 1. The zero-order chi connectivity index (χ0) is 21.7. The molecule has 4 rings (SSSR count). The van der Waals surface area contributed by atoms with Gasteiger partial charge in [0.1, 0.15) is 11.3 Å². The summed E-state index contributed by atoms with van der Waals surface area (Å²) in [7, 11) is -6.00. The molecule has 0 amide bonds. The Hall–Kier alpha value is -3.06. The highest BCUT2D eigenvalue weighted by Crippen LogP contribution is 2.23. The second kappa shape index (κ2) is 9.18. The van der Waals surface area contributed by atoms with Gasteiger partial charge in [0.05, 0.1) is 11.5 Å². The molecule has 0 spiro atoms. The van der Waals surface area contributed by atoms with Crippen LogP contribution in [0.2, 0.25) is 5.02 Å². The van der Waals surface area contributed by atoms with E-state index < -0.39 is 7.25 Å². The maximum Gasteiger partial charge on any atom is 0.673 e. The molecule has 1 N–H and O–H groups in total. The van der Waals surface area contributed by atoms with Crippen LogP contribution in [0.3, 0.4) is 0 Å². The first-order valence-corrected chi connectivity index (χ1v) is 9.40. The third-order valence-corrected chi connectivity index (χ3v) is 4.35. The lowest BCUT2D eigenvalue weighted by molar-refractivity contribution is -0.400. The van der Waals surface area contributed by atoms with E-state index in [4.69, 9.17) is 16.0 Å². The number of rotatable bonds is 2. The van der Waals surface area contributed by atoms with Gasteiger partial charge in [-0.15, -0.1) is 0 Å². The number of hydrogen-bond donors (Lipinski definition) is 1. The lowest BCUT2D eigenvalue weighted by atomic mass is 10.1. The van der Waals surface area contributed by atoms with Gasteiger partial charge in [-0.25, -0.2) is 4.99 Å². The molecule has 8 heteroatoms. The zero-order valence-corrected chi connectivity index (χ0v) is 16.6. The summed E-state index contributed by atoms with van der Waals surface area (Å²) in [6, 6.07) is 26.1. The summed E-state index contributed by atoms with van der Waals surface area (Å²) < 4.78 is 45.1. The fraction of sp³-hybridized carbons (Fsp3) is 0.0455. The summed E-state index contributed by atoms with van der Waals surface area (Å²) in [5, 5.41) is 2.60. The fourth-order valence-corrected chi connectivity index (χ4v) is 2.97. The van der Waals surface area contributed by atoms with Crippen LogP contribution in [0, 0.1) is 6.92 Å². The van der Waals surface area contributed by atoms with Crippen molar-refractivity contribution in [2.45, 2.75) is 6.92 Å². The Kier molecular flexibility index (Phi) is 6.62. The van der Waals surface area contributed by atoms with Crippen LogP contribution in [-0.4, -0.2) is 7.25 Å². The average molecular weight is 434 g/mol. The summed E-state index contributed by atoms with van der Waals surface area (Å²) in [6.45, 7) is 2.08. The summed E-state index contributed by atoms with van der Waals surface area (Å²) in [5.41, 5.74) is 4.08. The molecule has 154 valence electrons. The molecule has 30 heavy (non-hydrogen) atoms. The Morgan fingerprint density at radius 2 is 1.47 bits per heavy atom. The molecule has 0 aliphatic heterocycles. The Bertz CT molecular complexity index is 1200. The Morgan fingerprint density at radius 3 is 2.10 bits per heavy atom. The van der Waals surface area contributed by atoms with E-state index in [9.17, 15) is 17.3 Å². The predicted octanol–water partition coefficient (Wildman–Crippen LogP) is 5.67. The lowest BCUT2D eigenvalue weighted by Gasteiger charge is -2.03. The van der Waals surface area contributed by atoms with Crippen LogP contribution in [0.15, 0.2) is 83.3 Å². The lowest BCUT2D eigenvalue weighted by Crippen LogP contribution is -2.70. The third kappa shape index (κ3) is 6.22. The first-order chi connectivity index (χ1) is 14.2. The molecule has 0 saturated heterocycles. The van der Waals surface area contributed by atoms with Crippen LogP contribution < -0.4 is 10.3 Å². The van der Waals surface area contributed by atoms with Crippen molar-refractivity contribution in [1.82, 2.24) is 0 Å². The van der Waals surface area contributed by atoms with E-state index in [1.807, 2.05) is 54.6 Å². The SMILES string of the molecule is Cc1ccc([NH+]=c2cc(-c3ccccc3)oc3ccc(Cl)cc23)cc1.F[B-](F)(F)F. The van der Waals surface area contributed by atoms with Crippen molar-refractivity contribution in [1.29, 1.82) is 0 Å². The van der Waals surface area contributed by atoms with E-state index in [-0.39, 0.29) is 0 Å². The highest BCUT2D eigenvalue weighted by Gasteiger charge is 2.20. The molecule has 3 aromatic carbocycles. The summed E-state index contributed by atoms with van der Waals surface area (Å²) >= 11 is 6.20. The topological polar surface area (TPSA) is 27.1 Å². The van der Waals surface area contributed by atoms with Gasteiger partial charge in [-0.1, -0.05) is 59.6 Å². The number of benzene rings is 3. The monoisotopic (exact) mass is 433 g/mol. The minimum absolute atomic E-state index is 0.683. The molecule has 0 aliphatic rings. The summed E-state index contributed by atoms with van der Waals surface area (Å²) in [5.74, 6) is 0.810. The Labute approximate surface area is 175 Å². The summed E-state index contributed by atoms with van der Waals surface area (Å²) in [4.78, 5) is 3.49. The molecular formula is C22H17BClF4NO. The van der Waals surface area contributed by atoms with Gasteiger partial charge in [-0.05, 0) is 25.1 Å². The van der Waals surface area contributed by atoms with Gasteiger partial charge in [0.2, 0.25) is 11.0 Å². The van der Waals surface area contributed by atoms with Crippen molar-refractivity contribution in [2.75, 3.05) is 0 Å². The van der Waals surface area contributed by atoms with Gasteiger partial charge >= 0.3 is 7.25 Å². The third-order valence-electron chi connectivity index (χ3n) is 4.12. The number of halogens is 5. The van der Waals surface area contributed by atoms with Crippen LogP contribution in [0.5, 0.6) is 0 Å². The van der Waals surface area contributed by atoms with Gasteiger partial charge < -0.3 is 21.7 Å². The van der Waals surface area contributed by atoms with Crippen LogP contribution in [0.4, 0.5) is 23.0 Å². The predicted molar refractivity (Wildman–Crippen MR) is 112 cm³/mol. The van der Waals surface area contributed by atoms with Gasteiger partial charge in [0, 0.05) is 22.7 Å². The van der Waals surface area contributed by atoms with Crippen molar-refractivity contribution in [3.8, 4) is 11.3 Å². The molecular weight excluding hydrogens is 417 g/mol. The van der Waals surface area contributed by atoms with Crippen molar-refractivity contribution >= 4 is 35.5 Å². The highest BCUT2D eigenvalue weighted by atomic mass is 35.5. The van der Waals surface area contributed by atoms with Gasteiger partial charge in [0.25, 0.3) is 0 Å². The van der Waals surface area contributed by atoms with Crippen LogP contribution >= 0.6 is 11.6 Å². The van der Waals surface area contributed by atoms with Crippen LogP contribution in [0.1, 0.15) is 5.56 Å². The van der Waals surface area contributed by atoms with Gasteiger partial charge in [-0.2, -0.15) is 0 Å². The average Bonchev–Trinajstić information content (AvgIpc) is 2.69. The Balaban J connectivity index is 0.000000461. The molecule has 4 aromatic rings. The largest absolute Gasteiger partial charge is 0.673 e. The number of fused-ring (bicyclic) bond motifs is 1. The first kappa shape index (κ1) is 21.6. The van der Waals surface area contributed by atoms with E-state index in [1.54, 1.807) is 0 Å². The quantitative estimate of drug-likeness (QED) is 0.320. The molecule has 0 bridgehead atoms. The molecule has 0 atom stereocenters. The van der Waals surface area contributed by atoms with Crippen molar-refractivity contribution in [3.05, 3.63) is 94.8 Å². The fourth-order valence-electron chi connectivity index (χ4n) is 2.80. The zero-order valence-electron chi connectivity index (χ0n) is 15.9. The molecule has 0 saturated carbocycles. The van der Waals surface area contributed by atoms with E-state index in [0.29, 0.717) is 5.02 Å². The molecule has 0 radical (unpaired) electrons. The molecule has 1 aromatic heterocycles. The second-order valence-corrected chi connectivity index (χ2v) is 6.95. The van der Waals surface area contributed by atoms with E-state index in [1.165, 1.54) is 5.56 Å². The molecule has 0 fully saturated rings. The standard InChI is InChI=1S/C22H16ClNO.BF4/c1-15-7-10-18(11-8-15)24-20-14-22(16-5-3-2-4-6-16)25-21-12-9-17(23)13-19(20)21;2-1(3,4)5/h2-14H,1H3;/q;-1/p+1. The van der Waals surface area contributed by atoms with Crippen LogP contribution in [-0.2, 0) is 0 Å². The molecule has 2 nitrogen and oxygen atoms in total. The smallest absolute Gasteiger partial charge is 0.456 e. The maximum absolute atomic E-state index is 9.75. The molecule has 0 unspecified atom stereocenters. The van der Waals surface area contributed by atoms with Gasteiger partial charge in [0.15, 0.2) is 0 Å². The van der Waals surface area contributed by atoms with Crippen LogP contribution in [0.25, 0.3) is 22.3 Å². The molecule has 0 aliphatic carbocycles. The van der Waals surface area contributed by atoms with Crippen molar-refractivity contribution in [3.63, 3.8) is 0 Å². The summed E-state index contributed by atoms with van der Waals surface area (Å²) in [6.07, 6.45) is 0. The maximum atomic E-state index is 9.75. The second-order valence-electron chi connectivity index (χ2n) is 6.52. The minimum Gasteiger partial charge on any atom is -0.456 e. The van der Waals surface area contributed by atoms with Gasteiger partial charge in [-0.3, -0.25) is 0 Å². The molecule has 1 heterocycles. The number of hydrogen-bond acceptors (Lipinski definition) is 1. The van der Waals surface area contributed by atoms with E-state index >= 15 is 0 Å². The van der Waals surface area contributed by atoms with E-state index in [2.05, 4.69) is 36.2 Å². The normalized spacial score (nSPS) is 11.9. The minimum atomic E-state index is -6.00. The number of nitrogens with one attached hydrogen (secondary N) is 1. The Morgan fingerprint density at radius 1 is 0.833 bits per heavy atom.